The first-order valence-electron chi connectivity index (χ1n) is 6.47. The van der Waals surface area contributed by atoms with Crippen LogP contribution in [-0.4, -0.2) is 31.2 Å². The summed E-state index contributed by atoms with van der Waals surface area (Å²) in [5.41, 5.74) is 0.677. The van der Waals surface area contributed by atoms with Gasteiger partial charge in [0.05, 0.1) is 11.1 Å². The lowest BCUT2D eigenvalue weighted by molar-refractivity contribution is -0.137. The number of hydrogen-bond donors (Lipinski definition) is 1. The summed E-state index contributed by atoms with van der Waals surface area (Å²) < 4.78 is 38.2. The van der Waals surface area contributed by atoms with Gasteiger partial charge in [0.15, 0.2) is 0 Å². The van der Waals surface area contributed by atoms with Crippen molar-refractivity contribution in [3.05, 3.63) is 36.0 Å². The van der Waals surface area contributed by atoms with Crippen LogP contribution < -0.4 is 10.2 Å². The van der Waals surface area contributed by atoms with Gasteiger partial charge in [-0.1, -0.05) is 6.07 Å². The standard InChI is InChI=1S/C14H14F3N3.ClH/c15-14(16,17)10-1-2-11-12(9-10)19-4-3-13(11)20-7-5-18-6-8-20;/h1-4,9,18H,5-8H2;1H. The van der Waals surface area contributed by atoms with Gasteiger partial charge in [0.2, 0.25) is 0 Å². The molecule has 1 aliphatic heterocycles. The SMILES string of the molecule is Cl.FC(F)(F)c1ccc2c(N3CCNCC3)ccnc2c1. The molecule has 2 aromatic rings. The fraction of sp³-hybridized carbons (Fsp3) is 0.357. The van der Waals surface area contributed by atoms with Crippen molar-refractivity contribution in [1.82, 2.24) is 10.3 Å². The number of hydrogen-bond acceptors (Lipinski definition) is 3. The van der Waals surface area contributed by atoms with Crippen molar-refractivity contribution in [2.24, 2.45) is 0 Å². The molecule has 0 radical (unpaired) electrons. The van der Waals surface area contributed by atoms with E-state index in [0.717, 1.165) is 49.4 Å². The Labute approximate surface area is 126 Å². The van der Waals surface area contributed by atoms with Gasteiger partial charge in [0.25, 0.3) is 0 Å². The Kier molecular flexibility index (Phi) is 4.58. The lowest BCUT2D eigenvalue weighted by atomic mass is 10.1. The normalized spacial score (nSPS) is 15.9. The summed E-state index contributed by atoms with van der Waals surface area (Å²) in [6.45, 7) is 3.45. The highest BCUT2D eigenvalue weighted by Gasteiger charge is 2.30. The summed E-state index contributed by atoms with van der Waals surface area (Å²) in [5.74, 6) is 0. The Morgan fingerprint density at radius 1 is 1.10 bits per heavy atom. The molecule has 2 heterocycles. The molecule has 7 heteroatoms. The molecule has 0 saturated carbocycles. The number of pyridine rings is 1. The Morgan fingerprint density at radius 3 is 2.48 bits per heavy atom. The molecule has 0 aliphatic carbocycles. The van der Waals surface area contributed by atoms with Crippen molar-refractivity contribution in [2.45, 2.75) is 6.18 Å². The van der Waals surface area contributed by atoms with Crippen LogP contribution in [0.4, 0.5) is 18.9 Å². The maximum Gasteiger partial charge on any atom is 0.416 e. The van der Waals surface area contributed by atoms with Gasteiger partial charge in [-0.15, -0.1) is 12.4 Å². The average Bonchev–Trinajstić information content (AvgIpc) is 2.46. The van der Waals surface area contributed by atoms with E-state index >= 15 is 0 Å². The molecule has 1 aromatic carbocycles. The molecule has 3 nitrogen and oxygen atoms in total. The van der Waals surface area contributed by atoms with E-state index in [2.05, 4.69) is 15.2 Å². The number of anilines is 1. The Hall–Kier alpha value is -1.53. The first kappa shape index (κ1) is 15.9. The molecule has 0 amide bonds. The molecule has 1 fully saturated rings. The Morgan fingerprint density at radius 2 is 1.81 bits per heavy atom. The number of nitrogens with zero attached hydrogens (tertiary/aromatic N) is 2. The lowest BCUT2D eigenvalue weighted by Crippen LogP contribution is -2.43. The zero-order chi connectivity index (χ0) is 14.2. The van der Waals surface area contributed by atoms with Crippen molar-refractivity contribution in [2.75, 3.05) is 31.1 Å². The van der Waals surface area contributed by atoms with Crippen LogP contribution in [0, 0.1) is 0 Å². The molecule has 3 rings (SSSR count). The first-order valence-corrected chi connectivity index (χ1v) is 6.47. The molecule has 1 aromatic heterocycles. The average molecular weight is 318 g/mol. The molecule has 0 bridgehead atoms. The number of aromatic nitrogens is 1. The van der Waals surface area contributed by atoms with Gasteiger partial charge in [-0.2, -0.15) is 13.2 Å². The summed E-state index contributed by atoms with van der Waals surface area (Å²) in [6.07, 6.45) is -2.76. The minimum Gasteiger partial charge on any atom is -0.368 e. The third-order valence-electron chi connectivity index (χ3n) is 3.50. The van der Waals surface area contributed by atoms with E-state index in [-0.39, 0.29) is 12.4 Å². The second-order valence-corrected chi connectivity index (χ2v) is 4.80. The number of piperazine rings is 1. The highest BCUT2D eigenvalue weighted by Crippen LogP contribution is 2.33. The molecule has 114 valence electrons. The second kappa shape index (κ2) is 6.07. The maximum atomic E-state index is 12.7. The van der Waals surface area contributed by atoms with E-state index in [9.17, 15) is 13.2 Å². The summed E-state index contributed by atoms with van der Waals surface area (Å²) in [4.78, 5) is 6.24. The number of benzene rings is 1. The van der Waals surface area contributed by atoms with Crippen LogP contribution in [0.5, 0.6) is 0 Å². The molecule has 1 saturated heterocycles. The topological polar surface area (TPSA) is 28.2 Å². The largest absolute Gasteiger partial charge is 0.416 e. The van der Waals surface area contributed by atoms with Crippen molar-refractivity contribution in [3.63, 3.8) is 0 Å². The fourth-order valence-electron chi connectivity index (χ4n) is 2.49. The lowest BCUT2D eigenvalue weighted by Gasteiger charge is -2.30. The monoisotopic (exact) mass is 317 g/mol. The number of nitrogens with one attached hydrogen (secondary N) is 1. The van der Waals surface area contributed by atoms with Gasteiger partial charge in [-0.3, -0.25) is 4.98 Å². The third-order valence-corrected chi connectivity index (χ3v) is 3.50. The minimum atomic E-state index is -4.33. The third kappa shape index (κ3) is 3.22. The van der Waals surface area contributed by atoms with Crippen LogP contribution in [-0.2, 0) is 6.18 Å². The van der Waals surface area contributed by atoms with Crippen LogP contribution >= 0.6 is 12.4 Å². The number of rotatable bonds is 1. The molecule has 0 spiro atoms. The van der Waals surface area contributed by atoms with Crippen molar-refractivity contribution < 1.29 is 13.2 Å². The van der Waals surface area contributed by atoms with Gasteiger partial charge in [-0.05, 0) is 18.2 Å². The minimum absolute atomic E-state index is 0. The zero-order valence-electron chi connectivity index (χ0n) is 11.2. The quantitative estimate of drug-likeness (QED) is 0.876. The second-order valence-electron chi connectivity index (χ2n) is 4.80. The van der Waals surface area contributed by atoms with Crippen molar-refractivity contribution >= 4 is 29.0 Å². The number of halogens is 4. The summed E-state index contributed by atoms with van der Waals surface area (Å²) in [5, 5.41) is 4.02. The molecular formula is C14H15ClF3N3. The van der Waals surface area contributed by atoms with Crippen LogP contribution in [0.3, 0.4) is 0 Å². The smallest absolute Gasteiger partial charge is 0.368 e. The molecule has 1 N–H and O–H groups in total. The number of fused-ring (bicyclic) bond motifs is 1. The van der Waals surface area contributed by atoms with E-state index in [4.69, 9.17) is 0 Å². The van der Waals surface area contributed by atoms with Gasteiger partial charge in [0, 0.05) is 43.4 Å². The van der Waals surface area contributed by atoms with E-state index < -0.39 is 11.7 Å². The van der Waals surface area contributed by atoms with Gasteiger partial charge < -0.3 is 10.2 Å². The van der Waals surface area contributed by atoms with E-state index in [0.29, 0.717) is 5.52 Å². The molecule has 0 atom stereocenters. The maximum absolute atomic E-state index is 12.7. The first-order chi connectivity index (χ1) is 9.55. The van der Waals surface area contributed by atoms with Gasteiger partial charge in [0.1, 0.15) is 0 Å². The Balaban J connectivity index is 0.00000161. The van der Waals surface area contributed by atoms with Crippen LogP contribution in [0.25, 0.3) is 10.9 Å². The van der Waals surface area contributed by atoms with E-state index in [1.807, 2.05) is 6.07 Å². The number of alkyl halides is 3. The zero-order valence-corrected chi connectivity index (χ0v) is 12.0. The highest BCUT2D eigenvalue weighted by atomic mass is 35.5. The molecular weight excluding hydrogens is 303 g/mol. The van der Waals surface area contributed by atoms with E-state index in [1.165, 1.54) is 6.07 Å². The highest BCUT2D eigenvalue weighted by molar-refractivity contribution is 5.92. The molecule has 1 aliphatic rings. The Bertz CT molecular complexity index is 624. The summed E-state index contributed by atoms with van der Waals surface area (Å²) in [6, 6.07) is 5.61. The van der Waals surface area contributed by atoms with Gasteiger partial charge >= 0.3 is 6.18 Å². The van der Waals surface area contributed by atoms with Crippen LogP contribution in [0.15, 0.2) is 30.5 Å². The summed E-state index contributed by atoms with van der Waals surface area (Å²) in [7, 11) is 0. The fourth-order valence-corrected chi connectivity index (χ4v) is 2.49. The van der Waals surface area contributed by atoms with Gasteiger partial charge in [-0.25, -0.2) is 0 Å². The van der Waals surface area contributed by atoms with Crippen molar-refractivity contribution in [1.29, 1.82) is 0 Å². The van der Waals surface area contributed by atoms with E-state index in [1.54, 1.807) is 6.20 Å². The van der Waals surface area contributed by atoms with Crippen LogP contribution in [0.1, 0.15) is 5.56 Å². The molecule has 0 unspecified atom stereocenters. The predicted octanol–water partition coefficient (Wildman–Crippen LogP) is 3.09. The predicted molar refractivity (Wildman–Crippen MR) is 79.1 cm³/mol. The van der Waals surface area contributed by atoms with Crippen LogP contribution in [0.2, 0.25) is 0 Å². The van der Waals surface area contributed by atoms with Crippen molar-refractivity contribution in [3.8, 4) is 0 Å². The summed E-state index contributed by atoms with van der Waals surface area (Å²) >= 11 is 0. The molecule has 21 heavy (non-hydrogen) atoms.